The molecule has 0 bridgehead atoms. The number of hydrogen-bond acceptors (Lipinski definition) is 8. The molecular formula is C52H92NO8P. The molecule has 3 N–H and O–H groups in total. The molecule has 2 unspecified atom stereocenters. The fraction of sp³-hybridized carbons (Fsp3) is 0.731. The highest BCUT2D eigenvalue weighted by Crippen LogP contribution is 2.43. The van der Waals surface area contributed by atoms with Crippen LogP contribution in [-0.4, -0.2) is 49.3 Å². The Morgan fingerprint density at radius 2 is 0.887 bits per heavy atom. The van der Waals surface area contributed by atoms with Crippen LogP contribution in [0, 0.1) is 0 Å². The summed E-state index contributed by atoms with van der Waals surface area (Å²) < 4.78 is 32.9. The minimum atomic E-state index is -4.39. The van der Waals surface area contributed by atoms with Gasteiger partial charge >= 0.3 is 19.8 Å². The number of nitrogens with two attached hydrogens (primary N) is 1. The van der Waals surface area contributed by atoms with E-state index >= 15 is 0 Å². The second-order valence-corrected chi connectivity index (χ2v) is 17.8. The fourth-order valence-electron chi connectivity index (χ4n) is 6.66. The van der Waals surface area contributed by atoms with Crippen LogP contribution in [-0.2, 0) is 32.7 Å². The predicted octanol–water partition coefficient (Wildman–Crippen LogP) is 15.0. The molecule has 0 saturated heterocycles. The molecule has 0 saturated carbocycles. The molecule has 10 heteroatoms. The molecule has 9 nitrogen and oxygen atoms in total. The van der Waals surface area contributed by atoms with E-state index in [4.69, 9.17) is 24.3 Å². The van der Waals surface area contributed by atoms with Crippen LogP contribution in [0.3, 0.4) is 0 Å². The van der Waals surface area contributed by atoms with Crippen molar-refractivity contribution in [3.05, 3.63) is 72.9 Å². The smallest absolute Gasteiger partial charge is 0.462 e. The fourth-order valence-corrected chi connectivity index (χ4v) is 7.42. The SMILES string of the molecule is CC/C=C\C/C=C\C/C=C\C/C=C\C/C=C\CCCCCCCCCCCCCC(=O)OC(COC(=O)CCCCCCC/C=C\CCCCCCC)COP(=O)(O)OCCN. The summed E-state index contributed by atoms with van der Waals surface area (Å²) in [5.41, 5.74) is 5.36. The molecule has 0 aromatic heterocycles. The van der Waals surface area contributed by atoms with Crippen molar-refractivity contribution in [3.63, 3.8) is 0 Å². The van der Waals surface area contributed by atoms with Gasteiger partial charge in [0.25, 0.3) is 0 Å². The Labute approximate surface area is 380 Å². The summed E-state index contributed by atoms with van der Waals surface area (Å²) in [7, 11) is -4.39. The zero-order valence-electron chi connectivity index (χ0n) is 39.6. The highest BCUT2D eigenvalue weighted by atomic mass is 31.2. The second kappa shape index (κ2) is 47.9. The normalized spacial score (nSPS) is 13.8. The van der Waals surface area contributed by atoms with Crippen molar-refractivity contribution in [3.8, 4) is 0 Å². The Kier molecular flexibility index (Phi) is 45.9. The van der Waals surface area contributed by atoms with Gasteiger partial charge < -0.3 is 20.1 Å². The van der Waals surface area contributed by atoms with Gasteiger partial charge in [0, 0.05) is 19.4 Å². The van der Waals surface area contributed by atoms with E-state index in [-0.39, 0.29) is 32.6 Å². The Morgan fingerprint density at radius 3 is 1.34 bits per heavy atom. The number of allylic oxidation sites excluding steroid dienone is 12. The molecular weight excluding hydrogens is 798 g/mol. The molecule has 0 aliphatic rings. The summed E-state index contributed by atoms with van der Waals surface area (Å²) >= 11 is 0. The molecule has 0 spiro atoms. The minimum Gasteiger partial charge on any atom is -0.462 e. The molecule has 0 aromatic rings. The van der Waals surface area contributed by atoms with E-state index in [2.05, 4.69) is 86.8 Å². The first-order valence-corrected chi connectivity index (χ1v) is 26.4. The highest BCUT2D eigenvalue weighted by Gasteiger charge is 2.26. The molecule has 0 amide bonds. The first-order valence-electron chi connectivity index (χ1n) is 24.9. The average molecular weight is 890 g/mol. The molecule has 0 rings (SSSR count). The number of phosphoric ester groups is 1. The number of carbonyl (C=O) groups is 2. The molecule has 2 atom stereocenters. The van der Waals surface area contributed by atoms with Gasteiger partial charge in [-0.25, -0.2) is 4.57 Å². The lowest BCUT2D eigenvalue weighted by Gasteiger charge is -2.19. The predicted molar refractivity (Wildman–Crippen MR) is 261 cm³/mol. The summed E-state index contributed by atoms with van der Waals surface area (Å²) in [5, 5.41) is 0. The van der Waals surface area contributed by atoms with Gasteiger partial charge in [0.2, 0.25) is 0 Å². The van der Waals surface area contributed by atoms with Crippen molar-refractivity contribution in [2.24, 2.45) is 5.73 Å². The van der Waals surface area contributed by atoms with Crippen molar-refractivity contribution in [2.45, 2.75) is 219 Å². The van der Waals surface area contributed by atoms with Gasteiger partial charge in [-0.15, -0.1) is 0 Å². The Morgan fingerprint density at radius 1 is 0.500 bits per heavy atom. The first-order chi connectivity index (χ1) is 30.3. The summed E-state index contributed by atoms with van der Waals surface area (Å²) in [6, 6.07) is 0. The van der Waals surface area contributed by atoms with Gasteiger partial charge in [-0.3, -0.25) is 18.6 Å². The second-order valence-electron chi connectivity index (χ2n) is 16.3. The molecule has 0 aliphatic heterocycles. The van der Waals surface area contributed by atoms with E-state index in [0.717, 1.165) is 96.3 Å². The maximum absolute atomic E-state index is 12.6. The summed E-state index contributed by atoms with van der Waals surface area (Å²) in [6.07, 6.45) is 59.4. The van der Waals surface area contributed by atoms with Crippen LogP contribution in [0.5, 0.6) is 0 Å². The van der Waals surface area contributed by atoms with Crippen LogP contribution >= 0.6 is 7.82 Å². The maximum atomic E-state index is 12.6. The Hall–Kier alpha value is -2.55. The van der Waals surface area contributed by atoms with E-state index in [1.807, 2.05) is 0 Å². The molecule has 358 valence electrons. The lowest BCUT2D eigenvalue weighted by atomic mass is 10.0. The van der Waals surface area contributed by atoms with E-state index in [0.29, 0.717) is 6.42 Å². The molecule has 0 aliphatic carbocycles. The first kappa shape index (κ1) is 59.5. The summed E-state index contributed by atoms with van der Waals surface area (Å²) in [5.74, 6) is -0.842. The monoisotopic (exact) mass is 890 g/mol. The van der Waals surface area contributed by atoms with Crippen LogP contribution in [0.4, 0.5) is 0 Å². The van der Waals surface area contributed by atoms with Crippen LogP contribution in [0.1, 0.15) is 213 Å². The molecule has 0 fully saturated rings. The maximum Gasteiger partial charge on any atom is 0.472 e. The van der Waals surface area contributed by atoms with Crippen LogP contribution < -0.4 is 5.73 Å². The zero-order valence-corrected chi connectivity index (χ0v) is 40.5. The third-order valence-corrected chi connectivity index (χ3v) is 11.3. The average Bonchev–Trinajstić information content (AvgIpc) is 3.26. The Bertz CT molecular complexity index is 1240. The van der Waals surface area contributed by atoms with Gasteiger partial charge in [-0.2, -0.15) is 0 Å². The molecule has 62 heavy (non-hydrogen) atoms. The van der Waals surface area contributed by atoms with E-state index in [9.17, 15) is 19.0 Å². The number of rotatable bonds is 46. The topological polar surface area (TPSA) is 134 Å². The molecule has 0 aromatic carbocycles. The lowest BCUT2D eigenvalue weighted by Crippen LogP contribution is -2.29. The van der Waals surface area contributed by atoms with Crippen LogP contribution in [0.15, 0.2) is 72.9 Å². The third kappa shape index (κ3) is 46.9. The number of carbonyl (C=O) groups excluding carboxylic acids is 2. The quantitative estimate of drug-likeness (QED) is 0.0265. The molecule has 0 radical (unpaired) electrons. The summed E-state index contributed by atoms with van der Waals surface area (Å²) in [4.78, 5) is 35.0. The number of phosphoric acid groups is 1. The molecule has 0 heterocycles. The Balaban J connectivity index is 4.04. The van der Waals surface area contributed by atoms with Crippen molar-refractivity contribution >= 4 is 19.8 Å². The largest absolute Gasteiger partial charge is 0.472 e. The minimum absolute atomic E-state index is 0.0493. The zero-order chi connectivity index (χ0) is 45.3. The number of unbranched alkanes of at least 4 members (excludes halogenated alkanes) is 21. The van der Waals surface area contributed by atoms with Crippen molar-refractivity contribution in [2.75, 3.05) is 26.4 Å². The van der Waals surface area contributed by atoms with Crippen molar-refractivity contribution in [1.29, 1.82) is 0 Å². The highest BCUT2D eigenvalue weighted by molar-refractivity contribution is 7.47. The van der Waals surface area contributed by atoms with E-state index < -0.39 is 32.5 Å². The third-order valence-electron chi connectivity index (χ3n) is 10.3. The van der Waals surface area contributed by atoms with Gasteiger partial charge in [0.15, 0.2) is 6.10 Å². The van der Waals surface area contributed by atoms with Gasteiger partial charge in [0.05, 0.1) is 13.2 Å². The van der Waals surface area contributed by atoms with Gasteiger partial charge in [0.1, 0.15) is 6.61 Å². The van der Waals surface area contributed by atoms with Gasteiger partial charge in [-0.1, -0.05) is 189 Å². The number of ether oxygens (including phenoxy) is 2. The lowest BCUT2D eigenvalue weighted by molar-refractivity contribution is -0.161. The van der Waals surface area contributed by atoms with Crippen LogP contribution in [0.25, 0.3) is 0 Å². The number of hydrogen-bond donors (Lipinski definition) is 2. The van der Waals surface area contributed by atoms with Crippen molar-refractivity contribution in [1.82, 2.24) is 0 Å². The number of esters is 2. The van der Waals surface area contributed by atoms with E-state index in [1.165, 1.54) is 83.5 Å². The standard InChI is InChI=1S/C52H92NO8P/c1-3-5-7-9-11-13-15-17-19-20-21-22-23-24-25-26-27-28-29-30-31-33-35-37-39-41-43-45-52(55)61-50(49-60-62(56,57)59-47-46-53)48-58-51(54)44-42-40-38-36-34-32-18-16-14-12-10-8-6-4-2/h5,7,11,13,16-19,21-22,24-25,50H,3-4,6,8-10,12,14-15,20,23,26-49,53H2,1-2H3,(H,56,57)/b7-5-,13-11-,18-16-,19-17-,22-21-,25-24-. The van der Waals surface area contributed by atoms with Crippen molar-refractivity contribution < 1.29 is 37.6 Å². The van der Waals surface area contributed by atoms with E-state index in [1.54, 1.807) is 0 Å². The van der Waals surface area contributed by atoms with Gasteiger partial charge in [-0.05, 0) is 83.5 Å². The summed E-state index contributed by atoms with van der Waals surface area (Å²) in [6.45, 7) is 3.60. The van der Waals surface area contributed by atoms with Crippen LogP contribution in [0.2, 0.25) is 0 Å².